The van der Waals surface area contributed by atoms with Crippen molar-refractivity contribution >= 4 is 27.5 Å². The maximum Gasteiger partial charge on any atom is 0.183 e. The lowest BCUT2D eigenvalue weighted by Crippen LogP contribution is -2.28. The summed E-state index contributed by atoms with van der Waals surface area (Å²) in [5, 5.41) is 0. The van der Waals surface area contributed by atoms with Crippen molar-refractivity contribution in [3.05, 3.63) is 35.6 Å². The minimum absolute atomic E-state index is 0.172. The van der Waals surface area contributed by atoms with Crippen LogP contribution < -0.4 is 0 Å². The summed E-state index contributed by atoms with van der Waals surface area (Å²) in [6.07, 6.45) is 0. The van der Waals surface area contributed by atoms with Gasteiger partial charge in [-0.15, -0.1) is 0 Å². The molecule has 0 N–H and O–H groups in total. The first-order valence-electron chi connectivity index (χ1n) is 4.91. The summed E-state index contributed by atoms with van der Waals surface area (Å²) < 4.78 is 12.6. The van der Waals surface area contributed by atoms with Crippen molar-refractivity contribution in [1.82, 2.24) is 0 Å². The molecule has 1 rings (SSSR count). The average Bonchev–Trinajstić information content (AvgIpc) is 2.27. The largest absolute Gasteiger partial charge is 0.298 e. The number of hydrogen-bond donors (Lipinski definition) is 0. The molecule has 0 saturated carbocycles. The minimum Gasteiger partial charge on any atom is -0.298 e. The Morgan fingerprint density at radius 3 is 2.12 bits per heavy atom. The minimum atomic E-state index is -0.849. The number of benzene rings is 1. The average molecular weight is 287 g/mol. The number of hydrogen-bond acceptors (Lipinski definition) is 2. The Hall–Kier alpha value is -1.03. The van der Waals surface area contributed by atoms with E-state index in [-0.39, 0.29) is 17.5 Å². The second-order valence-corrected chi connectivity index (χ2v) is 4.71. The highest BCUT2D eigenvalue weighted by molar-refractivity contribution is 9.10. The monoisotopic (exact) mass is 286 g/mol. The Morgan fingerprint density at radius 1 is 1.19 bits per heavy atom. The van der Waals surface area contributed by atoms with Crippen molar-refractivity contribution in [2.45, 2.75) is 18.7 Å². The van der Waals surface area contributed by atoms with Crippen LogP contribution in [0.2, 0.25) is 0 Å². The molecule has 0 aliphatic carbocycles. The Morgan fingerprint density at radius 2 is 1.69 bits per heavy atom. The predicted molar refractivity (Wildman–Crippen MR) is 63.3 cm³/mol. The van der Waals surface area contributed by atoms with Crippen LogP contribution in [0.15, 0.2) is 24.3 Å². The van der Waals surface area contributed by atoms with Gasteiger partial charge < -0.3 is 0 Å². The first-order chi connectivity index (χ1) is 7.43. The molecule has 0 radical (unpaired) electrons. The van der Waals surface area contributed by atoms with E-state index in [1.165, 1.54) is 24.3 Å². The molecule has 0 bridgehead atoms. The molecular formula is C12H12BrFO2. The normalized spacial score (nSPS) is 12.6. The molecule has 2 nitrogen and oxygen atoms in total. The molecule has 1 aromatic carbocycles. The summed E-state index contributed by atoms with van der Waals surface area (Å²) in [6.45, 7) is 3.46. The van der Waals surface area contributed by atoms with Gasteiger partial charge >= 0.3 is 0 Å². The fourth-order valence-corrected chi connectivity index (χ4v) is 1.98. The highest BCUT2D eigenvalue weighted by Gasteiger charge is 2.26. The third kappa shape index (κ3) is 2.98. The highest BCUT2D eigenvalue weighted by atomic mass is 79.9. The van der Waals surface area contributed by atoms with E-state index in [0.29, 0.717) is 5.56 Å². The topological polar surface area (TPSA) is 34.1 Å². The predicted octanol–water partition coefficient (Wildman–Crippen LogP) is 3.00. The second-order valence-electron chi connectivity index (χ2n) is 3.79. The lowest BCUT2D eigenvalue weighted by atomic mass is 10.00. The van der Waals surface area contributed by atoms with Gasteiger partial charge in [-0.2, -0.15) is 0 Å². The van der Waals surface area contributed by atoms with Gasteiger partial charge in [0.15, 0.2) is 11.6 Å². The molecule has 1 atom stereocenters. The summed E-state index contributed by atoms with van der Waals surface area (Å²) in [4.78, 5) is 22.5. The Bertz CT molecular complexity index is 398. The lowest BCUT2D eigenvalue weighted by molar-refractivity contribution is -0.120. The molecule has 1 unspecified atom stereocenters. The number of alkyl halides is 1. The molecule has 0 aliphatic heterocycles. The van der Waals surface area contributed by atoms with Crippen LogP contribution in [0.3, 0.4) is 0 Å². The van der Waals surface area contributed by atoms with E-state index < -0.39 is 10.6 Å². The van der Waals surface area contributed by atoms with Crippen LogP contribution in [0.5, 0.6) is 0 Å². The van der Waals surface area contributed by atoms with Crippen molar-refractivity contribution in [3.8, 4) is 0 Å². The van der Waals surface area contributed by atoms with E-state index in [0.717, 1.165) is 0 Å². The lowest BCUT2D eigenvalue weighted by Gasteiger charge is -2.10. The number of carbonyl (C=O) groups is 2. The Kier molecular flexibility index (Phi) is 4.35. The van der Waals surface area contributed by atoms with Crippen LogP contribution in [0.1, 0.15) is 24.2 Å². The summed E-state index contributed by atoms with van der Waals surface area (Å²) in [5.41, 5.74) is 0.331. The fourth-order valence-electron chi connectivity index (χ4n) is 1.18. The molecule has 86 valence electrons. The highest BCUT2D eigenvalue weighted by Crippen LogP contribution is 2.15. The van der Waals surface area contributed by atoms with Gasteiger partial charge in [0, 0.05) is 11.5 Å². The number of halogens is 2. The van der Waals surface area contributed by atoms with Crippen molar-refractivity contribution in [2.24, 2.45) is 5.92 Å². The van der Waals surface area contributed by atoms with Gasteiger partial charge in [-0.05, 0) is 24.3 Å². The molecule has 0 saturated heterocycles. The maximum atomic E-state index is 12.6. The molecule has 0 aliphatic rings. The molecule has 0 spiro atoms. The van der Waals surface area contributed by atoms with Crippen molar-refractivity contribution in [1.29, 1.82) is 0 Å². The quantitative estimate of drug-likeness (QED) is 0.484. The zero-order valence-electron chi connectivity index (χ0n) is 9.04. The van der Waals surface area contributed by atoms with Crippen molar-refractivity contribution < 1.29 is 14.0 Å². The first-order valence-corrected chi connectivity index (χ1v) is 5.82. The number of Topliss-reactive ketones (excluding diaryl/α,β-unsaturated/α-hetero) is 2. The van der Waals surface area contributed by atoms with E-state index >= 15 is 0 Å². The third-order valence-electron chi connectivity index (χ3n) is 2.18. The van der Waals surface area contributed by atoms with Crippen LogP contribution in [0.4, 0.5) is 4.39 Å². The van der Waals surface area contributed by atoms with Gasteiger partial charge in [-0.1, -0.05) is 29.8 Å². The van der Waals surface area contributed by atoms with E-state index in [1.807, 2.05) is 0 Å². The van der Waals surface area contributed by atoms with E-state index in [9.17, 15) is 14.0 Å². The molecule has 1 aromatic rings. The number of carbonyl (C=O) groups excluding carboxylic acids is 2. The second kappa shape index (κ2) is 5.34. The van der Waals surface area contributed by atoms with Gasteiger partial charge in [0.2, 0.25) is 0 Å². The van der Waals surface area contributed by atoms with E-state index in [4.69, 9.17) is 0 Å². The van der Waals surface area contributed by atoms with Gasteiger partial charge in [-0.3, -0.25) is 9.59 Å². The molecule has 4 heteroatoms. The van der Waals surface area contributed by atoms with Crippen LogP contribution in [0, 0.1) is 11.7 Å². The summed E-state index contributed by atoms with van der Waals surface area (Å²) >= 11 is 3.07. The van der Waals surface area contributed by atoms with Gasteiger partial charge in [0.1, 0.15) is 10.6 Å². The molecular weight excluding hydrogens is 275 g/mol. The maximum absolute atomic E-state index is 12.6. The van der Waals surface area contributed by atoms with Gasteiger partial charge in [0.05, 0.1) is 0 Å². The standard InChI is InChI=1S/C12H12BrFO2/c1-7(2)11(15)10(13)12(16)8-3-5-9(14)6-4-8/h3-7,10H,1-2H3. The van der Waals surface area contributed by atoms with Crippen LogP contribution in [-0.4, -0.2) is 16.4 Å². The smallest absolute Gasteiger partial charge is 0.183 e. The van der Waals surface area contributed by atoms with Crippen LogP contribution in [0.25, 0.3) is 0 Å². The van der Waals surface area contributed by atoms with E-state index in [2.05, 4.69) is 15.9 Å². The van der Waals surface area contributed by atoms with Gasteiger partial charge in [-0.25, -0.2) is 4.39 Å². The summed E-state index contributed by atoms with van der Waals surface area (Å²) in [6, 6.07) is 5.15. The van der Waals surface area contributed by atoms with Crippen LogP contribution >= 0.6 is 15.9 Å². The zero-order chi connectivity index (χ0) is 12.3. The van der Waals surface area contributed by atoms with Crippen molar-refractivity contribution in [2.75, 3.05) is 0 Å². The number of rotatable bonds is 4. The SMILES string of the molecule is CC(C)C(=O)C(Br)C(=O)c1ccc(F)cc1. The van der Waals surface area contributed by atoms with Crippen molar-refractivity contribution in [3.63, 3.8) is 0 Å². The third-order valence-corrected chi connectivity index (χ3v) is 3.04. The Balaban J connectivity index is 2.86. The zero-order valence-corrected chi connectivity index (χ0v) is 10.6. The molecule has 16 heavy (non-hydrogen) atoms. The summed E-state index contributed by atoms with van der Waals surface area (Å²) in [5.74, 6) is -1.13. The van der Waals surface area contributed by atoms with Gasteiger partial charge in [0.25, 0.3) is 0 Å². The number of ketones is 2. The fraction of sp³-hybridized carbons (Fsp3) is 0.333. The molecule has 0 heterocycles. The van der Waals surface area contributed by atoms with E-state index in [1.54, 1.807) is 13.8 Å². The molecule has 0 amide bonds. The first kappa shape index (κ1) is 13.0. The molecule has 0 aromatic heterocycles. The Labute approximate surface area is 102 Å². The molecule has 0 fully saturated rings. The van der Waals surface area contributed by atoms with Crippen LogP contribution in [-0.2, 0) is 4.79 Å². The summed E-state index contributed by atoms with van der Waals surface area (Å²) in [7, 11) is 0.